The SMILES string of the molecule is COC(=O)[C@@H](N)Cc1ccc(-c2c(C(F)(F)F)c3cc(F)ccc3n(C)c2=O)c2nccn12. The summed E-state index contributed by atoms with van der Waals surface area (Å²) in [6.45, 7) is 0. The van der Waals surface area contributed by atoms with E-state index in [9.17, 15) is 27.2 Å². The quantitative estimate of drug-likeness (QED) is 0.372. The lowest BCUT2D eigenvalue weighted by molar-refractivity contribution is -0.142. The smallest absolute Gasteiger partial charge is 0.417 e. The van der Waals surface area contributed by atoms with E-state index >= 15 is 0 Å². The Bertz CT molecular complexity index is 1460. The molecule has 3 heterocycles. The Morgan fingerprint density at radius 3 is 2.64 bits per heavy atom. The molecule has 4 rings (SSSR count). The molecule has 7 nitrogen and oxygen atoms in total. The fourth-order valence-electron chi connectivity index (χ4n) is 3.95. The molecule has 1 aromatic carbocycles. The van der Waals surface area contributed by atoms with Crippen LogP contribution in [0.1, 0.15) is 11.3 Å². The molecule has 172 valence electrons. The number of halogens is 4. The molecule has 0 aliphatic rings. The molecule has 11 heteroatoms. The zero-order valence-corrected chi connectivity index (χ0v) is 17.5. The van der Waals surface area contributed by atoms with Gasteiger partial charge in [0.05, 0.1) is 23.8 Å². The predicted octanol–water partition coefficient (Wildman–Crippen LogP) is 3.05. The van der Waals surface area contributed by atoms with Gasteiger partial charge in [0.1, 0.15) is 17.5 Å². The summed E-state index contributed by atoms with van der Waals surface area (Å²) in [5, 5.41) is -0.443. The standard InChI is InChI=1S/C22H18F4N4O3/c1-29-16-6-3-11(23)9-14(16)18(22(24,25)26)17(20(29)31)13-5-4-12(10-15(27)21(32)33-2)30-8-7-28-19(13)30/h3-9,15H,10,27H2,1-2H3/t15-/m0/s1. The molecule has 0 aliphatic carbocycles. The molecule has 0 saturated heterocycles. The number of aromatic nitrogens is 3. The number of pyridine rings is 2. The van der Waals surface area contributed by atoms with Gasteiger partial charge in [-0.2, -0.15) is 13.2 Å². The molecule has 0 aliphatic heterocycles. The highest BCUT2D eigenvalue weighted by Crippen LogP contribution is 2.41. The van der Waals surface area contributed by atoms with E-state index in [-0.39, 0.29) is 23.1 Å². The van der Waals surface area contributed by atoms with Crippen molar-refractivity contribution in [3.8, 4) is 11.1 Å². The number of aryl methyl sites for hydroxylation is 1. The van der Waals surface area contributed by atoms with Crippen LogP contribution in [0.15, 0.2) is 47.5 Å². The van der Waals surface area contributed by atoms with Gasteiger partial charge < -0.3 is 19.4 Å². The van der Waals surface area contributed by atoms with Crippen LogP contribution >= 0.6 is 0 Å². The Labute approximate surface area is 184 Å². The van der Waals surface area contributed by atoms with Crippen molar-refractivity contribution in [2.24, 2.45) is 12.8 Å². The molecule has 3 aromatic heterocycles. The normalized spacial score (nSPS) is 12.9. The summed E-state index contributed by atoms with van der Waals surface area (Å²) in [5.74, 6) is -1.52. The van der Waals surface area contributed by atoms with E-state index < -0.39 is 46.1 Å². The van der Waals surface area contributed by atoms with Crippen molar-refractivity contribution in [3.63, 3.8) is 0 Å². The molecule has 33 heavy (non-hydrogen) atoms. The maximum absolute atomic E-state index is 14.2. The second-order valence-corrected chi connectivity index (χ2v) is 7.47. The highest BCUT2D eigenvalue weighted by Gasteiger charge is 2.39. The summed E-state index contributed by atoms with van der Waals surface area (Å²) in [4.78, 5) is 29.0. The van der Waals surface area contributed by atoms with E-state index in [4.69, 9.17) is 5.73 Å². The number of benzene rings is 1. The summed E-state index contributed by atoms with van der Waals surface area (Å²) in [6, 6.07) is 4.66. The van der Waals surface area contributed by atoms with E-state index in [1.54, 1.807) is 0 Å². The molecule has 0 spiro atoms. The van der Waals surface area contributed by atoms with Gasteiger partial charge in [0.2, 0.25) is 0 Å². The van der Waals surface area contributed by atoms with Crippen LogP contribution in [0.2, 0.25) is 0 Å². The Kier molecular flexibility index (Phi) is 5.44. The third-order valence-electron chi connectivity index (χ3n) is 5.48. The summed E-state index contributed by atoms with van der Waals surface area (Å²) < 4.78 is 63.8. The van der Waals surface area contributed by atoms with E-state index in [1.165, 1.54) is 43.1 Å². The highest BCUT2D eigenvalue weighted by atomic mass is 19.4. The van der Waals surface area contributed by atoms with Crippen LogP contribution in [0, 0.1) is 5.82 Å². The van der Waals surface area contributed by atoms with Crippen LogP contribution in [0.25, 0.3) is 27.7 Å². The van der Waals surface area contributed by atoms with Gasteiger partial charge in [-0.1, -0.05) is 0 Å². The number of nitrogens with two attached hydrogens (primary N) is 1. The average Bonchev–Trinajstić information content (AvgIpc) is 3.25. The minimum atomic E-state index is -4.95. The maximum atomic E-state index is 14.2. The van der Waals surface area contributed by atoms with Crippen LogP contribution in [-0.4, -0.2) is 33.1 Å². The molecule has 2 N–H and O–H groups in total. The molecular formula is C22H18F4N4O3. The first-order valence-corrected chi connectivity index (χ1v) is 9.72. The van der Waals surface area contributed by atoms with Gasteiger partial charge in [-0.3, -0.25) is 9.59 Å². The fraction of sp³-hybridized carbons (Fsp3) is 0.227. The number of nitrogens with zero attached hydrogens (tertiary/aromatic N) is 3. The first-order chi connectivity index (χ1) is 15.5. The van der Waals surface area contributed by atoms with Crippen molar-refractivity contribution in [2.45, 2.75) is 18.6 Å². The molecule has 4 aromatic rings. The maximum Gasteiger partial charge on any atom is 0.417 e. The number of ether oxygens (including phenoxy) is 1. The predicted molar refractivity (Wildman–Crippen MR) is 112 cm³/mol. The van der Waals surface area contributed by atoms with Gasteiger partial charge >= 0.3 is 12.1 Å². The lowest BCUT2D eigenvalue weighted by Crippen LogP contribution is -2.34. The van der Waals surface area contributed by atoms with E-state index in [0.717, 1.165) is 22.8 Å². The molecule has 0 bridgehead atoms. The number of imidazole rings is 1. The van der Waals surface area contributed by atoms with Crippen molar-refractivity contribution in [3.05, 3.63) is 70.2 Å². The number of alkyl halides is 3. The van der Waals surface area contributed by atoms with Crippen molar-refractivity contribution < 1.29 is 27.1 Å². The van der Waals surface area contributed by atoms with Crippen molar-refractivity contribution in [2.75, 3.05) is 7.11 Å². The Morgan fingerprint density at radius 2 is 1.97 bits per heavy atom. The monoisotopic (exact) mass is 462 g/mol. The number of hydrogen-bond acceptors (Lipinski definition) is 5. The molecule has 1 atom stereocenters. The highest BCUT2D eigenvalue weighted by molar-refractivity contribution is 5.92. The van der Waals surface area contributed by atoms with E-state index in [0.29, 0.717) is 5.69 Å². The van der Waals surface area contributed by atoms with Crippen LogP contribution in [0.4, 0.5) is 17.6 Å². The lowest BCUT2D eigenvalue weighted by Gasteiger charge is -2.19. The first kappa shape index (κ1) is 22.5. The Balaban J connectivity index is 2.04. The van der Waals surface area contributed by atoms with Crippen molar-refractivity contribution >= 4 is 22.5 Å². The number of rotatable bonds is 4. The number of hydrogen-bond donors (Lipinski definition) is 1. The number of esters is 1. The third-order valence-corrected chi connectivity index (χ3v) is 5.48. The summed E-state index contributed by atoms with van der Waals surface area (Å²) in [6.07, 6.45) is -2.10. The second-order valence-electron chi connectivity index (χ2n) is 7.47. The number of methoxy groups -OCH3 is 1. The second kappa shape index (κ2) is 8.00. The summed E-state index contributed by atoms with van der Waals surface area (Å²) >= 11 is 0. The number of carbonyl (C=O) groups excluding carboxylic acids is 1. The number of carbonyl (C=O) groups is 1. The van der Waals surface area contributed by atoms with Crippen LogP contribution in [-0.2, 0) is 29.2 Å². The largest absolute Gasteiger partial charge is 0.468 e. The van der Waals surface area contributed by atoms with Crippen LogP contribution in [0.5, 0.6) is 0 Å². The van der Waals surface area contributed by atoms with Gasteiger partial charge in [-0.25, -0.2) is 9.37 Å². The van der Waals surface area contributed by atoms with Crippen LogP contribution < -0.4 is 11.3 Å². The minimum Gasteiger partial charge on any atom is -0.468 e. The first-order valence-electron chi connectivity index (χ1n) is 9.72. The topological polar surface area (TPSA) is 91.6 Å². The zero-order chi connectivity index (χ0) is 24.1. The lowest BCUT2D eigenvalue weighted by atomic mass is 9.96. The molecule has 0 amide bonds. The van der Waals surface area contributed by atoms with Gasteiger partial charge in [-0.15, -0.1) is 0 Å². The molecule has 0 unspecified atom stereocenters. The molecule has 0 fully saturated rings. The fourth-order valence-corrected chi connectivity index (χ4v) is 3.95. The molecule has 0 radical (unpaired) electrons. The van der Waals surface area contributed by atoms with Crippen molar-refractivity contribution in [1.29, 1.82) is 0 Å². The van der Waals surface area contributed by atoms with E-state index in [1.807, 2.05) is 0 Å². The van der Waals surface area contributed by atoms with Crippen molar-refractivity contribution in [1.82, 2.24) is 14.0 Å². The molecular weight excluding hydrogens is 444 g/mol. The van der Waals surface area contributed by atoms with Gasteiger partial charge in [0.15, 0.2) is 0 Å². The molecule has 0 saturated carbocycles. The van der Waals surface area contributed by atoms with Crippen LogP contribution in [0.3, 0.4) is 0 Å². The average molecular weight is 462 g/mol. The van der Waals surface area contributed by atoms with Gasteiger partial charge in [-0.05, 0) is 30.3 Å². The number of fused-ring (bicyclic) bond motifs is 2. The minimum absolute atomic E-state index is 0.0207. The van der Waals surface area contributed by atoms with Gasteiger partial charge in [0.25, 0.3) is 5.56 Å². The summed E-state index contributed by atoms with van der Waals surface area (Å²) in [5.41, 5.74) is 3.40. The Morgan fingerprint density at radius 1 is 1.24 bits per heavy atom. The zero-order valence-electron chi connectivity index (χ0n) is 17.5. The Hall–Kier alpha value is -3.73. The third kappa shape index (κ3) is 3.74. The van der Waals surface area contributed by atoms with Gasteiger partial charge in [0, 0.05) is 42.5 Å². The summed E-state index contributed by atoms with van der Waals surface area (Å²) in [7, 11) is 2.51. The van der Waals surface area contributed by atoms with E-state index in [2.05, 4.69) is 9.72 Å².